The first-order valence-electron chi connectivity index (χ1n) is 5.58. The van der Waals surface area contributed by atoms with E-state index in [9.17, 15) is 18.0 Å². The average Bonchev–Trinajstić information content (AvgIpc) is 2.65. The molecule has 1 aliphatic heterocycles. The summed E-state index contributed by atoms with van der Waals surface area (Å²) in [6.07, 6.45) is 0.366. The van der Waals surface area contributed by atoms with Crippen molar-refractivity contribution in [2.24, 2.45) is 0 Å². The van der Waals surface area contributed by atoms with Gasteiger partial charge in [-0.15, -0.1) is 0 Å². The third-order valence-corrected chi connectivity index (χ3v) is 4.74. The van der Waals surface area contributed by atoms with Crippen LogP contribution >= 0.6 is 33.1 Å². The minimum absolute atomic E-state index is 0.00696. The Morgan fingerprint density at radius 1 is 1.09 bits per heavy atom. The van der Waals surface area contributed by atoms with Crippen LogP contribution in [0.15, 0.2) is 29.2 Å². The number of benzene rings is 1. The highest BCUT2D eigenvalue weighted by atomic mass is 35.7. The summed E-state index contributed by atoms with van der Waals surface area (Å²) in [5, 5.41) is 1.37. The second-order valence-corrected chi connectivity index (χ2v) is 9.82. The Hall–Kier alpha value is -0.850. The molecule has 1 atom stereocenters. The van der Waals surface area contributed by atoms with E-state index < -0.39 is 23.6 Å². The van der Waals surface area contributed by atoms with Gasteiger partial charge in [0.05, 0.1) is 10.1 Å². The molecule has 1 aromatic carbocycles. The van der Waals surface area contributed by atoms with Crippen molar-refractivity contribution in [3.05, 3.63) is 29.8 Å². The maximum Gasteiger partial charge on any atom is 0.353 e. The maximum atomic E-state index is 11.3. The zero-order valence-electron chi connectivity index (χ0n) is 11.0. The lowest BCUT2D eigenvalue weighted by Gasteiger charge is -2.05. The summed E-state index contributed by atoms with van der Waals surface area (Å²) >= 11 is 0.934. The molecule has 0 radical (unpaired) electrons. The largest absolute Gasteiger partial charge is 0.353 e. The van der Waals surface area contributed by atoms with Crippen LogP contribution in [0.1, 0.15) is 5.56 Å². The number of amides is 2. The van der Waals surface area contributed by atoms with E-state index in [0.29, 0.717) is 6.42 Å². The average molecular weight is 422 g/mol. The zero-order valence-corrected chi connectivity index (χ0v) is 14.9. The van der Waals surface area contributed by atoms with E-state index in [-0.39, 0.29) is 16.0 Å². The Kier molecular flexibility index (Phi) is 6.86. The molecule has 13 heteroatoms. The molecule has 23 heavy (non-hydrogen) atoms. The fourth-order valence-electron chi connectivity index (χ4n) is 1.53. The van der Waals surface area contributed by atoms with Crippen LogP contribution in [0, 0.1) is 0 Å². The third kappa shape index (κ3) is 7.99. The highest BCUT2D eigenvalue weighted by molar-refractivity contribution is 8.15. The lowest BCUT2D eigenvalue weighted by atomic mass is 10.1. The molecule has 2 N–H and O–H groups in total. The quantitative estimate of drug-likeness (QED) is 0.553. The van der Waals surface area contributed by atoms with E-state index in [4.69, 9.17) is 23.7 Å². The van der Waals surface area contributed by atoms with Crippen LogP contribution in [-0.4, -0.2) is 37.8 Å². The minimum Gasteiger partial charge on any atom is -0.286 e. The fraction of sp³-hybridized carbons (Fsp3) is 0.200. The van der Waals surface area contributed by atoms with Gasteiger partial charge in [0.1, 0.15) is 0 Å². The molecule has 2 rings (SSSR count). The Morgan fingerprint density at radius 2 is 1.57 bits per heavy atom. The number of carbonyl (C=O) groups excluding carboxylic acids is 2. The summed E-state index contributed by atoms with van der Waals surface area (Å²) in [5.41, 5.74) is 0.765. The Balaban J connectivity index is 0.000000463. The van der Waals surface area contributed by atoms with Crippen LogP contribution in [0.4, 0.5) is 4.79 Å². The van der Waals surface area contributed by atoms with Crippen molar-refractivity contribution in [3.63, 3.8) is 0 Å². The predicted molar refractivity (Wildman–Crippen MR) is 85.5 cm³/mol. The molecule has 1 heterocycles. The summed E-state index contributed by atoms with van der Waals surface area (Å²) < 4.78 is 47.2. The second-order valence-electron chi connectivity index (χ2n) is 4.08. The van der Waals surface area contributed by atoms with Gasteiger partial charge in [-0.1, -0.05) is 23.9 Å². The molecule has 1 aromatic rings. The van der Waals surface area contributed by atoms with Crippen LogP contribution in [-0.2, 0) is 29.6 Å². The van der Waals surface area contributed by atoms with Crippen molar-refractivity contribution < 1.29 is 31.0 Å². The van der Waals surface area contributed by atoms with Gasteiger partial charge in [-0.3, -0.25) is 19.5 Å². The fourth-order valence-corrected chi connectivity index (χ4v) is 3.16. The van der Waals surface area contributed by atoms with Gasteiger partial charge in [0, 0.05) is 21.4 Å². The van der Waals surface area contributed by atoms with Gasteiger partial charge in [0.2, 0.25) is 5.91 Å². The highest BCUT2D eigenvalue weighted by Gasteiger charge is 2.31. The van der Waals surface area contributed by atoms with E-state index in [1.54, 1.807) is 12.1 Å². The predicted octanol–water partition coefficient (Wildman–Crippen LogP) is 1.54. The molecule has 1 aliphatic rings. The molecule has 1 fully saturated rings. The van der Waals surface area contributed by atoms with Gasteiger partial charge in [0.15, 0.2) is 0 Å². The number of imide groups is 1. The molecular weight excluding hydrogens is 413 g/mol. The van der Waals surface area contributed by atoms with Crippen LogP contribution in [0.25, 0.3) is 0 Å². The Morgan fingerprint density at radius 3 is 1.91 bits per heavy atom. The van der Waals surface area contributed by atoms with Crippen molar-refractivity contribution in [3.8, 4) is 0 Å². The van der Waals surface area contributed by atoms with Crippen molar-refractivity contribution in [1.82, 2.24) is 5.32 Å². The zero-order chi connectivity index (χ0) is 17.8. The molecule has 0 spiro atoms. The maximum absolute atomic E-state index is 11.3. The molecule has 0 saturated carbocycles. The second kappa shape index (κ2) is 7.81. The third-order valence-electron chi connectivity index (χ3n) is 2.39. The number of hydrogen-bond donors (Lipinski definition) is 2. The van der Waals surface area contributed by atoms with Crippen LogP contribution in [0.2, 0.25) is 0 Å². The molecule has 128 valence electrons. The molecule has 1 unspecified atom stereocenters. The minimum atomic E-state index is -4.19. The number of hydrogen-bond acceptors (Lipinski definition) is 7. The number of thioether (sulfide) groups is 1. The Labute approximate surface area is 145 Å². The SMILES string of the molecule is O=C1NC(=O)C(Cc2ccc(S(=O)(=O)Cl)cc2)S1.O=S(=O)(O)Cl. The molecule has 8 nitrogen and oxygen atoms in total. The lowest BCUT2D eigenvalue weighted by molar-refractivity contribution is -0.118. The standard InChI is InChI=1S/C10H8ClNO4S2.ClHO3S/c11-18(15,16)7-3-1-6(2-4-7)5-8-9(13)12-10(14)17-8;1-5(2,3)4/h1-4,8H,5H2,(H,12,13,14);(H,2,3,4). The number of rotatable bonds is 3. The van der Waals surface area contributed by atoms with E-state index >= 15 is 0 Å². The van der Waals surface area contributed by atoms with E-state index in [1.165, 1.54) is 12.1 Å². The highest BCUT2D eigenvalue weighted by Crippen LogP contribution is 2.23. The van der Waals surface area contributed by atoms with Gasteiger partial charge < -0.3 is 0 Å². The van der Waals surface area contributed by atoms with E-state index in [0.717, 1.165) is 17.3 Å². The summed E-state index contributed by atoms with van der Waals surface area (Å²) in [6, 6.07) is 5.89. The molecule has 2 amide bonds. The van der Waals surface area contributed by atoms with Gasteiger partial charge in [-0.2, -0.15) is 8.42 Å². The molecule has 1 saturated heterocycles. The molecular formula is C10H9Cl2NO7S3. The summed E-state index contributed by atoms with van der Waals surface area (Å²) in [5.74, 6) is -0.320. The van der Waals surface area contributed by atoms with Gasteiger partial charge in [0.25, 0.3) is 14.3 Å². The van der Waals surface area contributed by atoms with Crippen LogP contribution in [0.5, 0.6) is 0 Å². The topological polar surface area (TPSA) is 135 Å². The van der Waals surface area contributed by atoms with Gasteiger partial charge >= 0.3 is 9.33 Å². The molecule has 0 aliphatic carbocycles. The Bertz CT molecular complexity index is 797. The van der Waals surface area contributed by atoms with Crippen molar-refractivity contribution >= 4 is 62.7 Å². The monoisotopic (exact) mass is 421 g/mol. The first-order chi connectivity index (χ1) is 10.4. The summed E-state index contributed by atoms with van der Waals surface area (Å²) in [6.45, 7) is 0. The smallest absolute Gasteiger partial charge is 0.286 e. The molecule has 0 bridgehead atoms. The van der Waals surface area contributed by atoms with E-state index in [2.05, 4.69) is 16.0 Å². The first-order valence-corrected chi connectivity index (χ1v) is 11.0. The number of nitrogens with one attached hydrogen (secondary N) is 1. The van der Waals surface area contributed by atoms with Crippen molar-refractivity contribution in [1.29, 1.82) is 0 Å². The van der Waals surface area contributed by atoms with Crippen molar-refractivity contribution in [2.45, 2.75) is 16.6 Å². The normalized spacial score (nSPS) is 18.1. The lowest BCUT2D eigenvalue weighted by Crippen LogP contribution is -2.25. The summed E-state index contributed by atoms with van der Waals surface area (Å²) in [7, 11) is 1.31. The van der Waals surface area contributed by atoms with Gasteiger partial charge in [-0.25, -0.2) is 8.42 Å². The number of halogens is 2. The first kappa shape index (κ1) is 20.2. The molecule has 0 aromatic heterocycles. The van der Waals surface area contributed by atoms with Crippen LogP contribution < -0.4 is 5.32 Å². The van der Waals surface area contributed by atoms with Crippen LogP contribution in [0.3, 0.4) is 0 Å². The summed E-state index contributed by atoms with van der Waals surface area (Å²) in [4.78, 5) is 22.3. The van der Waals surface area contributed by atoms with Crippen molar-refractivity contribution in [2.75, 3.05) is 0 Å². The van der Waals surface area contributed by atoms with Gasteiger partial charge in [-0.05, 0) is 24.1 Å². The van der Waals surface area contributed by atoms with E-state index in [1.807, 2.05) is 0 Å². The number of carbonyl (C=O) groups is 2.